The van der Waals surface area contributed by atoms with Crippen LogP contribution >= 0.6 is 15.9 Å². The van der Waals surface area contributed by atoms with Gasteiger partial charge in [0.05, 0.1) is 47.6 Å². The summed E-state index contributed by atoms with van der Waals surface area (Å²) in [5, 5.41) is 10.5. The van der Waals surface area contributed by atoms with Crippen molar-refractivity contribution in [1.82, 2.24) is 4.90 Å². The maximum atomic E-state index is 14.2. The van der Waals surface area contributed by atoms with Crippen molar-refractivity contribution < 1.29 is 50.1 Å². The molecule has 5 nitrogen and oxygen atoms in total. The van der Waals surface area contributed by atoms with Crippen molar-refractivity contribution >= 4 is 15.9 Å². The van der Waals surface area contributed by atoms with Gasteiger partial charge in [0.2, 0.25) is 0 Å². The molecule has 3 aliphatic heterocycles. The molecule has 3 heterocycles. The fourth-order valence-corrected chi connectivity index (χ4v) is 6.85. The number of likely N-dealkylation sites (tertiary alicyclic amines) is 1. The van der Waals surface area contributed by atoms with E-state index >= 15 is 0 Å². The molecule has 0 radical (unpaired) electrons. The number of alkyl halides is 6. The number of nitrogens with zero attached hydrogens (tertiary/aromatic N) is 1. The number of benzene rings is 2. The zero-order valence-corrected chi connectivity index (χ0v) is 24.9. The Balaban J connectivity index is 1.40. The van der Waals surface area contributed by atoms with E-state index in [2.05, 4.69) is 20.8 Å². The molecule has 1 spiro atoms. The summed E-state index contributed by atoms with van der Waals surface area (Å²) in [6.07, 6.45) is -10.5. The molecule has 2 aromatic rings. The first kappa shape index (κ1) is 32.6. The molecule has 3 saturated heterocycles. The average molecular weight is 684 g/mol. The van der Waals surface area contributed by atoms with E-state index in [9.17, 15) is 35.8 Å². The molecule has 0 aromatic heterocycles. The second-order valence-corrected chi connectivity index (χ2v) is 12.7. The third kappa shape index (κ3) is 7.22. The zero-order chi connectivity index (χ0) is 31.2. The fraction of sp³-hybridized carbons (Fsp3) is 0.600. The molecule has 43 heavy (non-hydrogen) atoms. The number of ether oxygens (including phenoxy) is 3. The van der Waals surface area contributed by atoms with E-state index in [1.165, 1.54) is 13.0 Å². The van der Waals surface area contributed by atoms with Crippen molar-refractivity contribution in [2.45, 2.75) is 63.0 Å². The molecule has 0 aliphatic carbocycles. The quantitative estimate of drug-likeness (QED) is 0.324. The Hall–Kier alpha value is -1.77. The molecule has 5 atom stereocenters. The lowest BCUT2D eigenvalue weighted by atomic mass is 9.75. The topological polar surface area (TPSA) is 51.2 Å². The van der Waals surface area contributed by atoms with Gasteiger partial charge in [-0.3, -0.25) is 0 Å². The number of rotatable bonds is 6. The van der Waals surface area contributed by atoms with Gasteiger partial charge in [-0.2, -0.15) is 26.3 Å². The molecule has 0 amide bonds. The Morgan fingerprint density at radius 1 is 1.05 bits per heavy atom. The van der Waals surface area contributed by atoms with E-state index in [0.29, 0.717) is 43.9 Å². The van der Waals surface area contributed by atoms with E-state index in [1.807, 2.05) is 0 Å². The van der Waals surface area contributed by atoms with Crippen LogP contribution in [0, 0.1) is 17.2 Å². The Kier molecular flexibility index (Phi) is 9.52. The van der Waals surface area contributed by atoms with Crippen LogP contribution in [0.5, 0.6) is 0 Å². The smallest absolute Gasteiger partial charge is 0.390 e. The minimum absolute atomic E-state index is 0.0747. The van der Waals surface area contributed by atoms with E-state index in [0.717, 1.165) is 25.9 Å². The number of piperidine rings is 1. The molecule has 0 bridgehead atoms. The summed E-state index contributed by atoms with van der Waals surface area (Å²) >= 11 is 3.22. The summed E-state index contributed by atoms with van der Waals surface area (Å²) in [6, 6.07) is 5.90. The molecule has 2 unspecified atom stereocenters. The van der Waals surface area contributed by atoms with Gasteiger partial charge in [-0.15, -0.1) is 0 Å². The largest absolute Gasteiger partial charge is 0.416 e. The van der Waals surface area contributed by atoms with Gasteiger partial charge in [-0.25, -0.2) is 4.39 Å². The van der Waals surface area contributed by atoms with Crippen molar-refractivity contribution in [1.29, 1.82) is 0 Å². The third-order valence-corrected chi connectivity index (χ3v) is 9.64. The van der Waals surface area contributed by atoms with Crippen LogP contribution in [-0.4, -0.2) is 61.9 Å². The maximum absolute atomic E-state index is 14.2. The average Bonchev–Trinajstić information content (AvgIpc) is 3.29. The van der Waals surface area contributed by atoms with Crippen molar-refractivity contribution in [3.8, 4) is 0 Å². The second-order valence-electron chi connectivity index (χ2n) is 11.8. The van der Waals surface area contributed by atoms with Crippen molar-refractivity contribution in [3.05, 3.63) is 68.9 Å². The molecule has 238 valence electrons. The van der Waals surface area contributed by atoms with Crippen LogP contribution in [0.25, 0.3) is 0 Å². The molecule has 13 heteroatoms. The summed E-state index contributed by atoms with van der Waals surface area (Å²) in [6.45, 7) is 4.57. The predicted molar refractivity (Wildman–Crippen MR) is 146 cm³/mol. The van der Waals surface area contributed by atoms with Crippen LogP contribution in [0.2, 0.25) is 0 Å². The maximum Gasteiger partial charge on any atom is 0.416 e. The Morgan fingerprint density at radius 3 is 2.26 bits per heavy atom. The lowest BCUT2D eigenvalue weighted by Gasteiger charge is -2.44. The predicted octanol–water partition coefficient (Wildman–Crippen LogP) is 7.32. The van der Waals surface area contributed by atoms with Gasteiger partial charge in [0.1, 0.15) is 5.82 Å². The first-order chi connectivity index (χ1) is 20.2. The van der Waals surface area contributed by atoms with Crippen molar-refractivity contribution in [3.63, 3.8) is 0 Å². The van der Waals surface area contributed by atoms with Gasteiger partial charge in [0.25, 0.3) is 0 Å². The van der Waals surface area contributed by atoms with Gasteiger partial charge in [0.15, 0.2) is 6.29 Å². The van der Waals surface area contributed by atoms with Crippen LogP contribution in [0.3, 0.4) is 0 Å². The van der Waals surface area contributed by atoms with Gasteiger partial charge in [-0.1, -0.05) is 6.07 Å². The summed E-state index contributed by atoms with van der Waals surface area (Å²) in [7, 11) is 0. The van der Waals surface area contributed by atoms with Gasteiger partial charge in [0, 0.05) is 17.9 Å². The number of aliphatic hydroxyl groups excluding tert-OH is 1. The van der Waals surface area contributed by atoms with Crippen LogP contribution in [0.1, 0.15) is 60.5 Å². The highest BCUT2D eigenvalue weighted by molar-refractivity contribution is 9.10. The molecule has 3 fully saturated rings. The highest BCUT2D eigenvalue weighted by Gasteiger charge is 2.46. The monoisotopic (exact) mass is 683 g/mol. The van der Waals surface area contributed by atoms with Gasteiger partial charge in [-0.05, 0) is 103 Å². The lowest BCUT2D eigenvalue weighted by molar-refractivity contribution is -0.210. The zero-order valence-electron chi connectivity index (χ0n) is 23.4. The first-order valence-corrected chi connectivity index (χ1v) is 15.0. The van der Waals surface area contributed by atoms with E-state index in [-0.39, 0.29) is 34.0 Å². The summed E-state index contributed by atoms with van der Waals surface area (Å²) in [5.41, 5.74) is -2.71. The molecule has 2 aromatic carbocycles. The summed E-state index contributed by atoms with van der Waals surface area (Å²) in [4.78, 5) is 2.28. The SMILES string of the molecule is C[C@@H](O[C@H]1OCCC(CN2CCC3(CC2)COCC3O)[C@@H]1c1ccc(F)c(Br)c1)c1cc(C(F)(F)F)cc(C(F)(F)F)c1. The van der Waals surface area contributed by atoms with Gasteiger partial charge < -0.3 is 24.2 Å². The van der Waals surface area contributed by atoms with E-state index < -0.39 is 53.7 Å². The number of aliphatic hydroxyl groups is 1. The Bertz CT molecular complexity index is 1250. The Labute approximate surface area is 253 Å². The standard InChI is InChI=1S/C30H33BrF7NO4/c1-17(20-10-21(29(33,34)35)13-22(11-20)30(36,37)38)43-27-26(18-2-3-24(32)23(31)12-18)19(4-9-42-27)14-39-7-5-28(6-8-39)16-41-15-25(28)40/h2-3,10-13,17,19,25-27,40H,4-9,14-16H2,1H3/t17-,19?,25?,26+,27-/m1/s1. The minimum Gasteiger partial charge on any atom is -0.390 e. The number of hydrogen-bond acceptors (Lipinski definition) is 5. The lowest BCUT2D eigenvalue weighted by Crippen LogP contribution is -2.49. The number of hydrogen-bond donors (Lipinski definition) is 1. The molecular weight excluding hydrogens is 651 g/mol. The number of halogens is 8. The first-order valence-electron chi connectivity index (χ1n) is 14.2. The van der Waals surface area contributed by atoms with Crippen LogP contribution in [0.15, 0.2) is 40.9 Å². The van der Waals surface area contributed by atoms with E-state index in [1.54, 1.807) is 12.1 Å². The summed E-state index contributed by atoms with van der Waals surface area (Å²) < 4.78 is 113. The van der Waals surface area contributed by atoms with E-state index in [4.69, 9.17) is 14.2 Å². The summed E-state index contributed by atoms with van der Waals surface area (Å²) in [5.74, 6) is -1.04. The highest BCUT2D eigenvalue weighted by Crippen LogP contribution is 2.44. The van der Waals surface area contributed by atoms with Crippen molar-refractivity contribution in [2.75, 3.05) is 39.5 Å². The van der Waals surface area contributed by atoms with Crippen LogP contribution in [-0.2, 0) is 26.6 Å². The fourth-order valence-electron chi connectivity index (χ4n) is 6.45. The van der Waals surface area contributed by atoms with Crippen LogP contribution in [0.4, 0.5) is 30.7 Å². The van der Waals surface area contributed by atoms with Gasteiger partial charge >= 0.3 is 12.4 Å². The minimum atomic E-state index is -4.99. The van der Waals surface area contributed by atoms with Crippen LogP contribution < -0.4 is 0 Å². The Morgan fingerprint density at radius 2 is 1.70 bits per heavy atom. The normalized spacial score (nSPS) is 27.5. The highest BCUT2D eigenvalue weighted by atomic mass is 79.9. The van der Waals surface area contributed by atoms with Crippen molar-refractivity contribution in [2.24, 2.45) is 11.3 Å². The third-order valence-electron chi connectivity index (χ3n) is 9.03. The molecule has 3 aliphatic rings. The molecular formula is C30H33BrF7NO4. The molecule has 1 N–H and O–H groups in total. The molecule has 5 rings (SSSR count). The second kappa shape index (κ2) is 12.6. The molecule has 0 saturated carbocycles.